The van der Waals surface area contributed by atoms with Crippen molar-refractivity contribution in [1.82, 2.24) is 10.2 Å². The summed E-state index contributed by atoms with van der Waals surface area (Å²) in [5.41, 5.74) is 5.81. The van der Waals surface area contributed by atoms with Crippen LogP contribution in [0.25, 0.3) is 0 Å². The molecule has 1 atom stereocenters. The molecule has 5 nitrogen and oxygen atoms in total. The van der Waals surface area contributed by atoms with E-state index in [2.05, 4.69) is 5.32 Å². The molecule has 1 heterocycles. The molecule has 1 aliphatic heterocycles. The molecule has 0 aliphatic carbocycles. The third-order valence-corrected chi connectivity index (χ3v) is 3.08. The minimum Gasteiger partial charge on any atom is -0.368 e. The lowest BCUT2D eigenvalue weighted by molar-refractivity contribution is -0.119. The monoisotopic (exact) mass is 247 g/mol. The Bertz CT molecular complexity index is 427. The summed E-state index contributed by atoms with van der Waals surface area (Å²) < 4.78 is 0. The summed E-state index contributed by atoms with van der Waals surface area (Å²) in [5.74, 6) is -0.616. The number of primary amides is 1. The number of carbonyl (C=O) groups is 2. The summed E-state index contributed by atoms with van der Waals surface area (Å²) in [6.45, 7) is 1.55. The van der Waals surface area contributed by atoms with Crippen molar-refractivity contribution in [1.29, 1.82) is 0 Å². The second kappa shape index (κ2) is 5.64. The van der Waals surface area contributed by atoms with Gasteiger partial charge in [0.15, 0.2) is 0 Å². The average Bonchev–Trinajstić information content (AvgIpc) is 2.89. The first-order chi connectivity index (χ1) is 8.68. The number of hydrogen-bond donors (Lipinski definition) is 2. The molecule has 0 aromatic heterocycles. The van der Waals surface area contributed by atoms with E-state index in [1.807, 2.05) is 18.2 Å². The molecule has 1 aromatic rings. The van der Waals surface area contributed by atoms with Gasteiger partial charge < -0.3 is 16.0 Å². The van der Waals surface area contributed by atoms with Crippen molar-refractivity contribution in [3.8, 4) is 0 Å². The van der Waals surface area contributed by atoms with Crippen molar-refractivity contribution in [2.24, 2.45) is 5.73 Å². The zero-order chi connectivity index (χ0) is 13.0. The van der Waals surface area contributed by atoms with Crippen molar-refractivity contribution in [2.75, 3.05) is 19.6 Å². The summed E-state index contributed by atoms with van der Waals surface area (Å²) in [5, 5.41) is 3.19. The highest BCUT2D eigenvalue weighted by molar-refractivity contribution is 5.96. The van der Waals surface area contributed by atoms with E-state index in [1.54, 1.807) is 17.0 Å². The third-order valence-electron chi connectivity index (χ3n) is 3.08. The number of carbonyl (C=O) groups excluding carboxylic acids is 2. The Morgan fingerprint density at radius 1 is 1.33 bits per heavy atom. The van der Waals surface area contributed by atoms with Crippen LogP contribution < -0.4 is 11.1 Å². The van der Waals surface area contributed by atoms with Crippen LogP contribution in [0.4, 0.5) is 0 Å². The van der Waals surface area contributed by atoms with Crippen LogP contribution in [-0.2, 0) is 4.79 Å². The van der Waals surface area contributed by atoms with Crippen LogP contribution in [0.1, 0.15) is 16.8 Å². The number of nitrogens with one attached hydrogen (secondary N) is 1. The molecule has 1 fully saturated rings. The van der Waals surface area contributed by atoms with E-state index in [1.165, 1.54) is 0 Å². The number of nitrogens with two attached hydrogens (primary N) is 1. The molecule has 5 heteroatoms. The molecule has 0 saturated carbocycles. The Morgan fingerprint density at radius 3 is 2.61 bits per heavy atom. The zero-order valence-electron chi connectivity index (χ0n) is 10.1. The normalized spacial score (nSPS) is 18.6. The van der Waals surface area contributed by atoms with Gasteiger partial charge in [0.1, 0.15) is 0 Å². The lowest BCUT2D eigenvalue weighted by Gasteiger charge is -2.27. The zero-order valence-corrected chi connectivity index (χ0v) is 10.1. The number of hydrogen-bond acceptors (Lipinski definition) is 3. The number of benzene rings is 1. The van der Waals surface area contributed by atoms with Crippen molar-refractivity contribution >= 4 is 11.8 Å². The van der Waals surface area contributed by atoms with Crippen LogP contribution in [0, 0.1) is 0 Å². The second-order valence-electron chi connectivity index (χ2n) is 4.41. The van der Waals surface area contributed by atoms with Crippen LogP contribution in [0.15, 0.2) is 30.3 Å². The van der Waals surface area contributed by atoms with E-state index in [0.29, 0.717) is 12.1 Å². The van der Waals surface area contributed by atoms with Gasteiger partial charge in [0.2, 0.25) is 5.91 Å². The van der Waals surface area contributed by atoms with Gasteiger partial charge in [0.05, 0.1) is 6.54 Å². The minimum atomic E-state index is -0.480. The number of rotatable bonds is 4. The molecule has 18 heavy (non-hydrogen) atoms. The molecular formula is C13H17N3O2. The van der Waals surface area contributed by atoms with Crippen LogP contribution in [-0.4, -0.2) is 42.4 Å². The fourth-order valence-electron chi connectivity index (χ4n) is 2.19. The topological polar surface area (TPSA) is 75.4 Å². The first kappa shape index (κ1) is 12.6. The molecule has 1 aromatic carbocycles. The fraction of sp³-hybridized carbons (Fsp3) is 0.385. The highest BCUT2D eigenvalue weighted by Crippen LogP contribution is 2.13. The van der Waals surface area contributed by atoms with E-state index >= 15 is 0 Å². The summed E-state index contributed by atoms with van der Waals surface area (Å²) in [4.78, 5) is 25.0. The molecule has 2 rings (SSSR count). The van der Waals surface area contributed by atoms with Crippen LogP contribution in [0.2, 0.25) is 0 Å². The Kier molecular flexibility index (Phi) is 3.94. The number of nitrogens with zero attached hydrogens (tertiary/aromatic N) is 1. The predicted molar refractivity (Wildman–Crippen MR) is 67.9 cm³/mol. The molecule has 1 unspecified atom stereocenters. The lowest BCUT2D eigenvalue weighted by atomic mass is 10.1. The smallest absolute Gasteiger partial charge is 0.254 e. The molecule has 2 amide bonds. The predicted octanol–water partition coefficient (Wildman–Crippen LogP) is -0.0240. The van der Waals surface area contributed by atoms with Gasteiger partial charge in [-0.25, -0.2) is 0 Å². The van der Waals surface area contributed by atoms with Crippen LogP contribution in [0.5, 0.6) is 0 Å². The molecule has 1 saturated heterocycles. The lowest BCUT2D eigenvalue weighted by Crippen LogP contribution is -2.46. The SMILES string of the molecule is NC(=O)CN(C(=O)c1ccccc1)C1CCNC1. The molecule has 3 N–H and O–H groups in total. The molecule has 96 valence electrons. The molecular weight excluding hydrogens is 230 g/mol. The maximum absolute atomic E-state index is 12.4. The maximum Gasteiger partial charge on any atom is 0.254 e. The summed E-state index contributed by atoms with van der Waals surface area (Å²) in [7, 11) is 0. The molecule has 0 bridgehead atoms. The van der Waals surface area contributed by atoms with Gasteiger partial charge in [-0.2, -0.15) is 0 Å². The molecule has 0 spiro atoms. The van der Waals surface area contributed by atoms with E-state index in [-0.39, 0.29) is 18.5 Å². The molecule has 1 aliphatic rings. The minimum absolute atomic E-state index is 0.0277. The van der Waals surface area contributed by atoms with Crippen LogP contribution >= 0.6 is 0 Å². The fourth-order valence-corrected chi connectivity index (χ4v) is 2.19. The first-order valence-corrected chi connectivity index (χ1v) is 6.03. The van der Waals surface area contributed by atoms with Gasteiger partial charge in [0, 0.05) is 18.2 Å². The number of amides is 2. The Morgan fingerprint density at radius 2 is 2.06 bits per heavy atom. The van der Waals surface area contributed by atoms with Crippen molar-refractivity contribution < 1.29 is 9.59 Å². The van der Waals surface area contributed by atoms with E-state index < -0.39 is 5.91 Å². The van der Waals surface area contributed by atoms with Gasteiger partial charge in [0.25, 0.3) is 5.91 Å². The quantitative estimate of drug-likeness (QED) is 0.785. The maximum atomic E-state index is 12.4. The average molecular weight is 247 g/mol. The summed E-state index contributed by atoms with van der Waals surface area (Å²) in [6, 6.07) is 9.01. The van der Waals surface area contributed by atoms with Gasteiger partial charge in [-0.15, -0.1) is 0 Å². The Balaban J connectivity index is 2.17. The van der Waals surface area contributed by atoms with Crippen LogP contribution in [0.3, 0.4) is 0 Å². The molecule has 0 radical (unpaired) electrons. The van der Waals surface area contributed by atoms with E-state index in [9.17, 15) is 9.59 Å². The van der Waals surface area contributed by atoms with Crippen molar-refractivity contribution in [3.05, 3.63) is 35.9 Å². The van der Waals surface area contributed by atoms with Gasteiger partial charge in [-0.3, -0.25) is 9.59 Å². The van der Waals surface area contributed by atoms with E-state index in [0.717, 1.165) is 13.0 Å². The summed E-state index contributed by atoms with van der Waals surface area (Å²) >= 11 is 0. The largest absolute Gasteiger partial charge is 0.368 e. The van der Waals surface area contributed by atoms with Gasteiger partial charge >= 0.3 is 0 Å². The Labute approximate surface area is 106 Å². The highest BCUT2D eigenvalue weighted by atomic mass is 16.2. The van der Waals surface area contributed by atoms with Crippen molar-refractivity contribution in [2.45, 2.75) is 12.5 Å². The first-order valence-electron chi connectivity index (χ1n) is 6.03. The van der Waals surface area contributed by atoms with Gasteiger partial charge in [-0.1, -0.05) is 18.2 Å². The second-order valence-corrected chi connectivity index (χ2v) is 4.41. The van der Waals surface area contributed by atoms with Gasteiger partial charge in [-0.05, 0) is 25.1 Å². The van der Waals surface area contributed by atoms with E-state index in [4.69, 9.17) is 5.73 Å². The summed E-state index contributed by atoms with van der Waals surface area (Å²) in [6.07, 6.45) is 0.853. The Hall–Kier alpha value is -1.88. The highest BCUT2D eigenvalue weighted by Gasteiger charge is 2.28. The standard InChI is InChI=1S/C13H17N3O2/c14-12(17)9-16(11-6-7-15-8-11)13(18)10-4-2-1-3-5-10/h1-5,11,15H,6-9H2,(H2,14,17). The van der Waals surface area contributed by atoms with Crippen molar-refractivity contribution in [3.63, 3.8) is 0 Å². The third kappa shape index (κ3) is 2.87.